The van der Waals surface area contributed by atoms with Crippen molar-refractivity contribution in [1.82, 2.24) is 15.0 Å². The molecule has 0 spiro atoms. The van der Waals surface area contributed by atoms with Crippen LogP contribution < -0.4 is 10.0 Å². The summed E-state index contributed by atoms with van der Waals surface area (Å²) in [6.07, 6.45) is 4.64. The topological polar surface area (TPSA) is 83.2 Å². The average molecular weight is 299 g/mol. The average Bonchev–Trinajstić information content (AvgIpc) is 3.11. The Bertz CT molecular complexity index is 569. The molecule has 2 bridgehead atoms. The van der Waals surface area contributed by atoms with Gasteiger partial charge in [-0.1, -0.05) is 6.92 Å². The lowest BCUT2D eigenvalue weighted by Crippen LogP contribution is -2.41. The number of aromatic nitrogens is 1. The van der Waals surface area contributed by atoms with Crippen molar-refractivity contribution >= 4 is 10.0 Å². The molecule has 112 valence electrons. The second-order valence-corrected chi connectivity index (χ2v) is 7.19. The summed E-state index contributed by atoms with van der Waals surface area (Å²) in [4.78, 5) is 3.29. The molecule has 7 heteroatoms. The van der Waals surface area contributed by atoms with Gasteiger partial charge in [-0.2, -0.15) is 0 Å². The molecule has 2 fully saturated rings. The zero-order valence-electron chi connectivity index (χ0n) is 11.6. The largest absolute Gasteiger partial charge is 0.373 e. The van der Waals surface area contributed by atoms with Gasteiger partial charge < -0.3 is 15.0 Å². The second-order valence-electron chi connectivity index (χ2n) is 5.48. The fourth-order valence-corrected chi connectivity index (χ4v) is 4.26. The highest BCUT2D eigenvalue weighted by Gasteiger charge is 2.42. The first-order valence-corrected chi connectivity index (χ1v) is 8.62. The molecule has 0 aromatic carbocycles. The number of aromatic amines is 1. The fourth-order valence-electron chi connectivity index (χ4n) is 2.96. The van der Waals surface area contributed by atoms with Crippen LogP contribution in [0.5, 0.6) is 0 Å². The van der Waals surface area contributed by atoms with E-state index in [2.05, 4.69) is 15.0 Å². The Morgan fingerprint density at radius 1 is 1.45 bits per heavy atom. The Balaban J connectivity index is 1.67. The van der Waals surface area contributed by atoms with Gasteiger partial charge in [-0.3, -0.25) is 0 Å². The molecule has 20 heavy (non-hydrogen) atoms. The number of hydrogen-bond acceptors (Lipinski definition) is 4. The van der Waals surface area contributed by atoms with Gasteiger partial charge in [0.1, 0.15) is 0 Å². The molecule has 1 aromatic heterocycles. The number of ether oxygens (including phenoxy) is 1. The Kier molecular flexibility index (Phi) is 3.85. The van der Waals surface area contributed by atoms with E-state index in [4.69, 9.17) is 4.74 Å². The van der Waals surface area contributed by atoms with Crippen molar-refractivity contribution < 1.29 is 13.2 Å². The number of H-pyrrole nitrogens is 1. The second kappa shape index (κ2) is 5.48. The van der Waals surface area contributed by atoms with E-state index < -0.39 is 10.0 Å². The molecular weight excluding hydrogens is 278 g/mol. The first-order chi connectivity index (χ1) is 9.58. The van der Waals surface area contributed by atoms with Gasteiger partial charge in [0.2, 0.25) is 10.0 Å². The van der Waals surface area contributed by atoms with Gasteiger partial charge in [0.15, 0.2) is 0 Å². The van der Waals surface area contributed by atoms with Crippen molar-refractivity contribution in [2.24, 2.45) is 0 Å². The van der Waals surface area contributed by atoms with Crippen LogP contribution in [0.4, 0.5) is 0 Å². The molecule has 0 amide bonds. The summed E-state index contributed by atoms with van der Waals surface area (Å²) in [5.74, 6) is 0. The summed E-state index contributed by atoms with van der Waals surface area (Å²) in [7, 11) is -3.46. The third kappa shape index (κ3) is 2.76. The van der Waals surface area contributed by atoms with E-state index in [1.807, 2.05) is 6.92 Å². The fraction of sp³-hybridized carbons (Fsp3) is 0.692. The van der Waals surface area contributed by atoms with Crippen LogP contribution in [-0.4, -0.2) is 38.2 Å². The van der Waals surface area contributed by atoms with Gasteiger partial charge in [0.25, 0.3) is 0 Å². The lowest BCUT2D eigenvalue weighted by atomic mass is 9.96. The van der Waals surface area contributed by atoms with Crippen LogP contribution in [0.25, 0.3) is 0 Å². The molecule has 1 aromatic rings. The quantitative estimate of drug-likeness (QED) is 0.723. The third-order valence-electron chi connectivity index (χ3n) is 4.00. The van der Waals surface area contributed by atoms with Crippen LogP contribution in [0, 0.1) is 0 Å². The predicted octanol–water partition coefficient (Wildman–Crippen LogP) is 0.722. The maximum Gasteiger partial charge on any atom is 0.242 e. The van der Waals surface area contributed by atoms with Crippen LogP contribution in [0.1, 0.15) is 31.9 Å². The van der Waals surface area contributed by atoms with Crippen molar-refractivity contribution in [3.05, 3.63) is 18.0 Å². The summed E-state index contributed by atoms with van der Waals surface area (Å²) >= 11 is 0. The van der Waals surface area contributed by atoms with Crippen LogP contribution in [0.2, 0.25) is 0 Å². The Morgan fingerprint density at radius 2 is 2.30 bits per heavy atom. The van der Waals surface area contributed by atoms with E-state index >= 15 is 0 Å². The van der Waals surface area contributed by atoms with Gasteiger partial charge in [0.05, 0.1) is 23.1 Å². The van der Waals surface area contributed by atoms with E-state index in [-0.39, 0.29) is 18.2 Å². The molecular formula is C13H21N3O3S. The molecule has 3 unspecified atom stereocenters. The van der Waals surface area contributed by atoms with E-state index in [1.165, 1.54) is 0 Å². The lowest BCUT2D eigenvalue weighted by molar-refractivity contribution is 0.0996. The van der Waals surface area contributed by atoms with E-state index in [1.54, 1.807) is 12.3 Å². The summed E-state index contributed by atoms with van der Waals surface area (Å²) < 4.78 is 33.1. The van der Waals surface area contributed by atoms with Crippen LogP contribution >= 0.6 is 0 Å². The summed E-state index contributed by atoms with van der Waals surface area (Å²) in [5, 5.41) is 3.16. The molecule has 6 nitrogen and oxygen atoms in total. The van der Waals surface area contributed by atoms with Crippen LogP contribution in [0.15, 0.2) is 17.2 Å². The smallest absolute Gasteiger partial charge is 0.242 e. The molecule has 0 saturated carbocycles. The zero-order chi connectivity index (χ0) is 14.2. The molecule has 2 aliphatic rings. The number of fused-ring (bicyclic) bond motifs is 2. The first kappa shape index (κ1) is 14.1. The molecule has 3 heterocycles. The van der Waals surface area contributed by atoms with Crippen LogP contribution in [-0.2, 0) is 21.3 Å². The van der Waals surface area contributed by atoms with E-state index in [9.17, 15) is 8.42 Å². The number of rotatable bonds is 6. The number of sulfonamides is 1. The summed E-state index contributed by atoms with van der Waals surface area (Å²) in [6, 6.07) is 1.60. The van der Waals surface area contributed by atoms with Gasteiger partial charge in [-0.25, -0.2) is 13.1 Å². The molecule has 2 saturated heterocycles. The Labute approximate surface area is 119 Å². The minimum atomic E-state index is -3.46. The summed E-state index contributed by atoms with van der Waals surface area (Å²) in [6.45, 7) is 3.50. The van der Waals surface area contributed by atoms with Crippen LogP contribution in [0.3, 0.4) is 0 Å². The number of nitrogens with one attached hydrogen (secondary N) is 3. The van der Waals surface area contributed by atoms with Gasteiger partial charge in [-0.15, -0.1) is 0 Å². The molecule has 2 aliphatic heterocycles. The Morgan fingerprint density at radius 3 is 2.95 bits per heavy atom. The lowest BCUT2D eigenvalue weighted by Gasteiger charge is -2.19. The third-order valence-corrected chi connectivity index (χ3v) is 5.47. The van der Waals surface area contributed by atoms with Gasteiger partial charge >= 0.3 is 0 Å². The van der Waals surface area contributed by atoms with Crippen molar-refractivity contribution in [2.75, 3.05) is 6.54 Å². The highest BCUT2D eigenvalue weighted by Crippen LogP contribution is 2.35. The SMILES string of the molecule is CCNCc1cc(S(=O)(=O)NC2CC3CCC2O3)c[nH]1. The molecule has 3 rings (SSSR count). The molecule has 3 atom stereocenters. The molecule has 3 N–H and O–H groups in total. The highest BCUT2D eigenvalue weighted by atomic mass is 32.2. The molecule has 0 radical (unpaired) electrons. The maximum atomic E-state index is 12.3. The van der Waals surface area contributed by atoms with Gasteiger partial charge in [0, 0.05) is 18.4 Å². The highest BCUT2D eigenvalue weighted by molar-refractivity contribution is 7.89. The minimum absolute atomic E-state index is 0.0509. The monoisotopic (exact) mass is 299 g/mol. The summed E-state index contributed by atoms with van der Waals surface area (Å²) in [5.41, 5.74) is 0.872. The first-order valence-electron chi connectivity index (χ1n) is 7.14. The zero-order valence-corrected chi connectivity index (χ0v) is 12.4. The van der Waals surface area contributed by atoms with E-state index in [0.717, 1.165) is 31.5 Å². The van der Waals surface area contributed by atoms with Crippen molar-refractivity contribution in [3.8, 4) is 0 Å². The van der Waals surface area contributed by atoms with Crippen molar-refractivity contribution in [2.45, 2.75) is 55.9 Å². The Hall–Kier alpha value is -0.890. The van der Waals surface area contributed by atoms with Gasteiger partial charge in [-0.05, 0) is 31.9 Å². The number of hydrogen-bond donors (Lipinski definition) is 3. The molecule has 0 aliphatic carbocycles. The maximum absolute atomic E-state index is 12.3. The van der Waals surface area contributed by atoms with E-state index in [0.29, 0.717) is 11.4 Å². The van der Waals surface area contributed by atoms with Crippen molar-refractivity contribution in [3.63, 3.8) is 0 Å². The normalized spacial score (nSPS) is 29.1. The van der Waals surface area contributed by atoms with Crippen molar-refractivity contribution in [1.29, 1.82) is 0 Å². The standard InChI is InChI=1S/C13H21N3O3S/c1-2-14-7-9-5-11(8-15-9)20(17,18)16-12-6-10-3-4-13(12)19-10/h5,8,10,12-16H,2-4,6-7H2,1H3. The minimum Gasteiger partial charge on any atom is -0.373 e. The predicted molar refractivity (Wildman–Crippen MR) is 74.8 cm³/mol.